The van der Waals surface area contributed by atoms with Gasteiger partial charge in [0.2, 0.25) is 0 Å². The highest BCUT2D eigenvalue weighted by molar-refractivity contribution is 5.89. The molecular formula is C16H19N3O2. The summed E-state index contributed by atoms with van der Waals surface area (Å²) in [5.41, 5.74) is 4.80. The van der Waals surface area contributed by atoms with Crippen molar-refractivity contribution in [2.24, 2.45) is 0 Å². The minimum absolute atomic E-state index is 0.348. The molecule has 1 aliphatic heterocycles. The van der Waals surface area contributed by atoms with Crippen LogP contribution in [0.4, 0.5) is 5.69 Å². The minimum atomic E-state index is -0.876. The molecule has 0 aliphatic carbocycles. The topological polar surface area (TPSA) is 58.4 Å². The Labute approximate surface area is 123 Å². The van der Waals surface area contributed by atoms with Crippen molar-refractivity contribution in [1.29, 1.82) is 0 Å². The summed E-state index contributed by atoms with van der Waals surface area (Å²) >= 11 is 0. The molecule has 1 aromatic carbocycles. The number of carbonyl (C=O) groups is 1. The average Bonchev–Trinajstić information content (AvgIpc) is 3.02. The molecule has 1 N–H and O–H groups in total. The number of hydrogen-bond donors (Lipinski definition) is 1. The van der Waals surface area contributed by atoms with E-state index >= 15 is 0 Å². The van der Waals surface area contributed by atoms with Crippen LogP contribution >= 0.6 is 0 Å². The van der Waals surface area contributed by atoms with E-state index in [1.54, 1.807) is 12.1 Å². The fourth-order valence-corrected chi connectivity index (χ4v) is 2.94. The molecule has 0 amide bonds. The highest BCUT2D eigenvalue weighted by atomic mass is 16.4. The first kappa shape index (κ1) is 13.7. The number of aromatic carboxylic acids is 1. The number of anilines is 1. The maximum absolute atomic E-state index is 11.1. The molecule has 1 aromatic heterocycles. The summed E-state index contributed by atoms with van der Waals surface area (Å²) in [6.07, 6.45) is 0.967. The van der Waals surface area contributed by atoms with Gasteiger partial charge in [-0.25, -0.2) is 4.79 Å². The van der Waals surface area contributed by atoms with Crippen LogP contribution in [0.25, 0.3) is 0 Å². The maximum Gasteiger partial charge on any atom is 0.335 e. The molecule has 1 aliphatic rings. The van der Waals surface area contributed by atoms with E-state index in [0.717, 1.165) is 37.4 Å². The lowest BCUT2D eigenvalue weighted by Crippen LogP contribution is -2.22. The zero-order valence-corrected chi connectivity index (χ0v) is 12.3. The fourth-order valence-electron chi connectivity index (χ4n) is 2.94. The van der Waals surface area contributed by atoms with Gasteiger partial charge in [0.15, 0.2) is 0 Å². The number of benzene rings is 1. The molecule has 0 saturated heterocycles. The lowest BCUT2D eigenvalue weighted by molar-refractivity contribution is 0.0697. The van der Waals surface area contributed by atoms with Crippen molar-refractivity contribution in [3.63, 3.8) is 0 Å². The molecule has 0 bridgehead atoms. The summed E-state index contributed by atoms with van der Waals surface area (Å²) in [6, 6.07) is 7.50. The normalized spacial score (nSPS) is 13.5. The van der Waals surface area contributed by atoms with Crippen LogP contribution in [-0.2, 0) is 19.5 Å². The maximum atomic E-state index is 11.1. The smallest absolute Gasteiger partial charge is 0.335 e. The Kier molecular flexibility index (Phi) is 3.41. The van der Waals surface area contributed by atoms with E-state index < -0.39 is 5.97 Å². The van der Waals surface area contributed by atoms with Crippen molar-refractivity contribution in [2.75, 3.05) is 11.4 Å². The second kappa shape index (κ2) is 5.24. The highest BCUT2D eigenvalue weighted by Gasteiger charge is 2.22. The number of fused-ring (bicyclic) bond motifs is 1. The lowest BCUT2D eigenvalue weighted by Gasteiger charge is -2.20. The number of carboxylic acid groups (broad SMARTS) is 1. The third-order valence-electron chi connectivity index (χ3n) is 3.96. The van der Waals surface area contributed by atoms with Crippen LogP contribution in [0, 0.1) is 6.92 Å². The number of carboxylic acids is 1. The molecule has 2 aromatic rings. The number of aryl methyl sites for hydroxylation is 2. The van der Waals surface area contributed by atoms with Gasteiger partial charge in [-0.1, -0.05) is 6.07 Å². The van der Waals surface area contributed by atoms with Crippen LogP contribution in [0.5, 0.6) is 0 Å². The van der Waals surface area contributed by atoms with Gasteiger partial charge in [-0.3, -0.25) is 4.68 Å². The molecule has 0 unspecified atom stereocenters. The Hall–Kier alpha value is -2.30. The van der Waals surface area contributed by atoms with E-state index in [1.807, 2.05) is 17.7 Å². The number of aromatic nitrogens is 2. The van der Waals surface area contributed by atoms with Crippen molar-refractivity contribution in [3.8, 4) is 0 Å². The Morgan fingerprint density at radius 1 is 1.38 bits per heavy atom. The van der Waals surface area contributed by atoms with Crippen LogP contribution in [0.15, 0.2) is 24.3 Å². The third kappa shape index (κ3) is 2.51. The summed E-state index contributed by atoms with van der Waals surface area (Å²) in [5.74, 6) is -0.876. The van der Waals surface area contributed by atoms with Gasteiger partial charge in [0.05, 0.1) is 23.5 Å². The second-order valence-corrected chi connectivity index (χ2v) is 5.41. The molecule has 0 saturated carbocycles. The van der Waals surface area contributed by atoms with Crippen molar-refractivity contribution in [1.82, 2.24) is 9.78 Å². The predicted octanol–water partition coefficient (Wildman–Crippen LogP) is 2.47. The summed E-state index contributed by atoms with van der Waals surface area (Å²) in [7, 11) is 0. The van der Waals surface area contributed by atoms with Crippen LogP contribution in [0.3, 0.4) is 0 Å². The molecule has 5 heteroatoms. The van der Waals surface area contributed by atoms with Gasteiger partial charge in [-0.15, -0.1) is 0 Å². The zero-order valence-electron chi connectivity index (χ0n) is 12.3. The molecule has 0 radical (unpaired) electrons. The fraction of sp³-hybridized carbons (Fsp3) is 0.375. The molecule has 0 atom stereocenters. The van der Waals surface area contributed by atoms with Crippen LogP contribution < -0.4 is 4.90 Å². The van der Waals surface area contributed by atoms with Gasteiger partial charge in [0.25, 0.3) is 0 Å². The zero-order chi connectivity index (χ0) is 15.0. The molecule has 3 rings (SSSR count). The monoisotopic (exact) mass is 285 g/mol. The molecule has 0 fully saturated rings. The number of rotatable bonds is 4. The van der Waals surface area contributed by atoms with E-state index in [4.69, 9.17) is 5.11 Å². The Morgan fingerprint density at radius 3 is 2.90 bits per heavy atom. The van der Waals surface area contributed by atoms with Crippen LogP contribution in [0.1, 0.15) is 34.2 Å². The predicted molar refractivity (Wildman–Crippen MR) is 80.8 cm³/mol. The van der Waals surface area contributed by atoms with Gasteiger partial charge in [-0.05, 0) is 44.0 Å². The summed E-state index contributed by atoms with van der Waals surface area (Å²) in [5, 5.41) is 13.6. The van der Waals surface area contributed by atoms with E-state index in [1.165, 1.54) is 11.3 Å². The Morgan fingerprint density at radius 2 is 2.19 bits per heavy atom. The third-order valence-corrected chi connectivity index (χ3v) is 3.96. The standard InChI is InChI=1S/C16H19N3O2/c1-3-19-14(8-11(2)17-19)10-18-7-6-12-4-5-13(16(20)21)9-15(12)18/h4-5,8-9H,3,6-7,10H2,1-2H3,(H,20,21). The van der Waals surface area contributed by atoms with Gasteiger partial charge in [-0.2, -0.15) is 5.10 Å². The summed E-state index contributed by atoms with van der Waals surface area (Å²) in [4.78, 5) is 13.4. The van der Waals surface area contributed by atoms with Gasteiger partial charge in [0.1, 0.15) is 0 Å². The first-order valence-electron chi connectivity index (χ1n) is 7.23. The van der Waals surface area contributed by atoms with Crippen LogP contribution in [-0.4, -0.2) is 27.4 Å². The second-order valence-electron chi connectivity index (χ2n) is 5.41. The molecule has 0 spiro atoms. The van der Waals surface area contributed by atoms with E-state index in [9.17, 15) is 4.79 Å². The lowest BCUT2D eigenvalue weighted by atomic mass is 10.1. The summed E-state index contributed by atoms with van der Waals surface area (Å²) in [6.45, 7) is 6.61. The number of hydrogen-bond acceptors (Lipinski definition) is 3. The quantitative estimate of drug-likeness (QED) is 0.937. The van der Waals surface area contributed by atoms with E-state index in [0.29, 0.717) is 5.56 Å². The highest BCUT2D eigenvalue weighted by Crippen LogP contribution is 2.30. The molecule has 21 heavy (non-hydrogen) atoms. The van der Waals surface area contributed by atoms with Crippen molar-refractivity contribution < 1.29 is 9.90 Å². The number of nitrogens with zero attached hydrogens (tertiary/aromatic N) is 3. The average molecular weight is 285 g/mol. The first-order chi connectivity index (χ1) is 10.1. The summed E-state index contributed by atoms with van der Waals surface area (Å²) < 4.78 is 2.01. The van der Waals surface area contributed by atoms with Crippen molar-refractivity contribution >= 4 is 11.7 Å². The van der Waals surface area contributed by atoms with Crippen molar-refractivity contribution in [3.05, 3.63) is 46.8 Å². The van der Waals surface area contributed by atoms with Gasteiger partial charge in [0, 0.05) is 18.8 Å². The van der Waals surface area contributed by atoms with Gasteiger partial charge < -0.3 is 10.0 Å². The van der Waals surface area contributed by atoms with E-state index in [2.05, 4.69) is 23.0 Å². The Bertz CT molecular complexity index is 691. The first-order valence-corrected chi connectivity index (χ1v) is 7.23. The molecular weight excluding hydrogens is 266 g/mol. The van der Waals surface area contributed by atoms with Crippen LogP contribution in [0.2, 0.25) is 0 Å². The largest absolute Gasteiger partial charge is 0.478 e. The van der Waals surface area contributed by atoms with Gasteiger partial charge >= 0.3 is 5.97 Å². The molecule has 5 nitrogen and oxygen atoms in total. The SMILES string of the molecule is CCn1nc(C)cc1CN1CCc2ccc(C(=O)O)cc21. The van der Waals surface area contributed by atoms with Crippen molar-refractivity contribution in [2.45, 2.75) is 33.4 Å². The van der Waals surface area contributed by atoms with E-state index in [-0.39, 0.29) is 0 Å². The Balaban J connectivity index is 1.90. The minimum Gasteiger partial charge on any atom is -0.478 e. The molecule has 110 valence electrons. The molecule has 2 heterocycles.